The molecule has 0 bridgehead atoms. The molecule has 0 saturated carbocycles. The number of pyridine rings is 1. The molecule has 1 atom stereocenters. The molecule has 0 aliphatic carbocycles. The van der Waals surface area contributed by atoms with Crippen molar-refractivity contribution in [1.29, 1.82) is 0 Å². The summed E-state index contributed by atoms with van der Waals surface area (Å²) in [6, 6.07) is 3.88. The number of hydrogen-bond acceptors (Lipinski definition) is 3. The normalized spacial score (nSPS) is 22.8. The number of carbonyl (C=O) groups excluding carboxylic acids is 1. The molecule has 98 valence electrons. The monoisotopic (exact) mass is 247 g/mol. The third-order valence-corrected chi connectivity index (χ3v) is 3.68. The maximum Gasteiger partial charge on any atom is 0.227 e. The second-order valence-corrected chi connectivity index (χ2v) is 5.65. The minimum absolute atomic E-state index is 0.0833. The first kappa shape index (κ1) is 13.0. The lowest BCUT2D eigenvalue weighted by Crippen LogP contribution is -2.57. The SMILES string of the molecule is CC1(C)CCC(N)CN1C(=O)Cc1ccncc1. The van der Waals surface area contributed by atoms with Crippen molar-refractivity contribution < 1.29 is 4.79 Å². The summed E-state index contributed by atoms with van der Waals surface area (Å²) in [6.45, 7) is 4.89. The van der Waals surface area contributed by atoms with Crippen LogP contribution in [0.5, 0.6) is 0 Å². The molecular weight excluding hydrogens is 226 g/mol. The van der Waals surface area contributed by atoms with Crippen LogP contribution in [-0.2, 0) is 11.2 Å². The minimum atomic E-state index is -0.0833. The summed E-state index contributed by atoms with van der Waals surface area (Å²) >= 11 is 0. The van der Waals surface area contributed by atoms with Gasteiger partial charge in [0.2, 0.25) is 5.91 Å². The van der Waals surface area contributed by atoms with Crippen LogP contribution in [0, 0.1) is 0 Å². The molecule has 1 amide bonds. The first-order valence-electron chi connectivity index (χ1n) is 6.44. The molecule has 1 aliphatic rings. The van der Waals surface area contributed by atoms with Gasteiger partial charge in [-0.05, 0) is 44.4 Å². The molecule has 0 radical (unpaired) electrons. The van der Waals surface area contributed by atoms with Gasteiger partial charge in [-0.2, -0.15) is 0 Å². The van der Waals surface area contributed by atoms with Crippen LogP contribution in [0.4, 0.5) is 0 Å². The molecule has 2 rings (SSSR count). The zero-order chi connectivity index (χ0) is 13.2. The molecule has 1 aliphatic heterocycles. The van der Waals surface area contributed by atoms with Crippen molar-refractivity contribution in [2.75, 3.05) is 6.54 Å². The van der Waals surface area contributed by atoms with Crippen LogP contribution in [-0.4, -0.2) is 33.9 Å². The lowest BCUT2D eigenvalue weighted by atomic mass is 9.88. The highest BCUT2D eigenvalue weighted by atomic mass is 16.2. The highest BCUT2D eigenvalue weighted by Gasteiger charge is 2.35. The van der Waals surface area contributed by atoms with Gasteiger partial charge in [-0.15, -0.1) is 0 Å². The smallest absolute Gasteiger partial charge is 0.227 e. The zero-order valence-electron chi connectivity index (χ0n) is 11.1. The molecule has 1 unspecified atom stereocenters. The van der Waals surface area contributed by atoms with E-state index < -0.39 is 0 Å². The van der Waals surface area contributed by atoms with Crippen LogP contribution < -0.4 is 5.73 Å². The number of nitrogens with two attached hydrogens (primary N) is 1. The number of hydrogen-bond donors (Lipinski definition) is 1. The number of likely N-dealkylation sites (tertiary alicyclic amines) is 1. The maximum atomic E-state index is 12.4. The topological polar surface area (TPSA) is 59.2 Å². The summed E-state index contributed by atoms with van der Waals surface area (Å²) in [6.07, 6.45) is 5.83. The molecule has 1 saturated heterocycles. The van der Waals surface area contributed by atoms with E-state index in [-0.39, 0.29) is 17.5 Å². The van der Waals surface area contributed by atoms with Gasteiger partial charge in [-0.3, -0.25) is 9.78 Å². The van der Waals surface area contributed by atoms with Gasteiger partial charge in [0.25, 0.3) is 0 Å². The summed E-state index contributed by atoms with van der Waals surface area (Å²) in [4.78, 5) is 18.3. The van der Waals surface area contributed by atoms with Crippen LogP contribution in [0.2, 0.25) is 0 Å². The third kappa shape index (κ3) is 2.88. The molecule has 2 heterocycles. The Hall–Kier alpha value is -1.42. The minimum Gasteiger partial charge on any atom is -0.336 e. The van der Waals surface area contributed by atoms with Crippen molar-refractivity contribution in [3.63, 3.8) is 0 Å². The molecule has 18 heavy (non-hydrogen) atoms. The first-order valence-corrected chi connectivity index (χ1v) is 6.44. The average molecular weight is 247 g/mol. The van der Waals surface area contributed by atoms with Gasteiger partial charge in [0.15, 0.2) is 0 Å². The summed E-state index contributed by atoms with van der Waals surface area (Å²) in [5.74, 6) is 0.154. The summed E-state index contributed by atoms with van der Waals surface area (Å²) in [5.41, 5.74) is 6.89. The molecule has 4 heteroatoms. The van der Waals surface area contributed by atoms with Gasteiger partial charge in [0.05, 0.1) is 6.42 Å². The van der Waals surface area contributed by atoms with E-state index in [4.69, 9.17) is 5.73 Å². The highest BCUT2D eigenvalue weighted by Crippen LogP contribution is 2.27. The summed E-state index contributed by atoms with van der Waals surface area (Å²) in [7, 11) is 0. The third-order valence-electron chi connectivity index (χ3n) is 3.68. The fourth-order valence-corrected chi connectivity index (χ4v) is 2.46. The predicted octanol–water partition coefficient (Wildman–Crippen LogP) is 1.35. The van der Waals surface area contributed by atoms with Gasteiger partial charge in [-0.25, -0.2) is 0 Å². The summed E-state index contributed by atoms with van der Waals surface area (Å²) in [5, 5.41) is 0. The van der Waals surface area contributed by atoms with E-state index in [0.29, 0.717) is 13.0 Å². The van der Waals surface area contributed by atoms with Gasteiger partial charge in [-0.1, -0.05) is 0 Å². The van der Waals surface area contributed by atoms with E-state index in [1.165, 1.54) is 0 Å². The Kier molecular flexibility index (Phi) is 3.66. The second kappa shape index (κ2) is 5.06. The van der Waals surface area contributed by atoms with Crippen molar-refractivity contribution in [2.45, 2.75) is 44.7 Å². The van der Waals surface area contributed by atoms with E-state index in [0.717, 1.165) is 18.4 Å². The van der Waals surface area contributed by atoms with E-state index in [9.17, 15) is 4.79 Å². The largest absolute Gasteiger partial charge is 0.336 e. The number of aromatic nitrogens is 1. The second-order valence-electron chi connectivity index (χ2n) is 5.65. The van der Waals surface area contributed by atoms with E-state index in [1.54, 1.807) is 12.4 Å². The van der Waals surface area contributed by atoms with Gasteiger partial charge in [0.1, 0.15) is 0 Å². The van der Waals surface area contributed by atoms with Gasteiger partial charge >= 0.3 is 0 Å². The molecule has 1 fully saturated rings. The Morgan fingerprint density at radius 3 is 2.83 bits per heavy atom. The molecule has 1 aromatic rings. The number of piperidine rings is 1. The lowest BCUT2D eigenvalue weighted by Gasteiger charge is -2.44. The Bertz CT molecular complexity index is 416. The van der Waals surface area contributed by atoms with Crippen molar-refractivity contribution in [2.24, 2.45) is 5.73 Å². The zero-order valence-corrected chi connectivity index (χ0v) is 11.1. The fraction of sp³-hybridized carbons (Fsp3) is 0.571. The van der Waals surface area contributed by atoms with Crippen molar-refractivity contribution in [1.82, 2.24) is 9.88 Å². The summed E-state index contributed by atoms with van der Waals surface area (Å²) < 4.78 is 0. The molecule has 1 aromatic heterocycles. The number of rotatable bonds is 2. The number of nitrogens with zero attached hydrogens (tertiary/aromatic N) is 2. The standard InChI is InChI=1S/C14H21N3O/c1-14(2)6-3-12(15)10-17(14)13(18)9-11-4-7-16-8-5-11/h4-5,7-8,12H,3,6,9-10,15H2,1-2H3. The lowest BCUT2D eigenvalue weighted by molar-refractivity contribution is -0.138. The van der Waals surface area contributed by atoms with Crippen molar-refractivity contribution in [3.8, 4) is 0 Å². The molecular formula is C14H21N3O. The van der Waals surface area contributed by atoms with Crippen LogP contribution in [0.25, 0.3) is 0 Å². The highest BCUT2D eigenvalue weighted by molar-refractivity contribution is 5.79. The molecule has 0 aromatic carbocycles. The average Bonchev–Trinajstić information content (AvgIpc) is 2.33. The Balaban J connectivity index is 2.07. The van der Waals surface area contributed by atoms with Crippen LogP contribution in [0.3, 0.4) is 0 Å². The van der Waals surface area contributed by atoms with Crippen LogP contribution in [0.15, 0.2) is 24.5 Å². The van der Waals surface area contributed by atoms with Crippen molar-refractivity contribution >= 4 is 5.91 Å². The number of amides is 1. The van der Waals surface area contributed by atoms with Gasteiger partial charge in [0, 0.05) is 30.5 Å². The van der Waals surface area contributed by atoms with E-state index in [1.807, 2.05) is 17.0 Å². The van der Waals surface area contributed by atoms with E-state index >= 15 is 0 Å². The Labute approximate surface area is 108 Å². The van der Waals surface area contributed by atoms with Crippen molar-refractivity contribution in [3.05, 3.63) is 30.1 Å². The molecule has 2 N–H and O–H groups in total. The quantitative estimate of drug-likeness (QED) is 0.858. The first-order chi connectivity index (χ1) is 8.49. The maximum absolute atomic E-state index is 12.4. The molecule has 4 nitrogen and oxygen atoms in total. The van der Waals surface area contributed by atoms with Gasteiger partial charge < -0.3 is 10.6 Å². The van der Waals surface area contributed by atoms with Crippen LogP contribution in [0.1, 0.15) is 32.3 Å². The predicted molar refractivity (Wildman–Crippen MR) is 70.9 cm³/mol. The Morgan fingerprint density at radius 1 is 1.50 bits per heavy atom. The van der Waals surface area contributed by atoms with Crippen LogP contribution >= 0.6 is 0 Å². The van der Waals surface area contributed by atoms with E-state index in [2.05, 4.69) is 18.8 Å². The Morgan fingerprint density at radius 2 is 2.17 bits per heavy atom. The number of carbonyl (C=O) groups is 1. The molecule has 0 spiro atoms. The fourth-order valence-electron chi connectivity index (χ4n) is 2.46.